The van der Waals surface area contributed by atoms with Gasteiger partial charge in [0.25, 0.3) is 0 Å². The summed E-state index contributed by atoms with van der Waals surface area (Å²) in [4.78, 5) is 0. The van der Waals surface area contributed by atoms with Crippen molar-refractivity contribution in [2.45, 2.75) is 71.0 Å². The molecule has 0 heterocycles. The minimum atomic E-state index is -0.509. The van der Waals surface area contributed by atoms with Crippen LogP contribution in [0.25, 0.3) is 0 Å². The first-order valence-corrected chi connectivity index (χ1v) is 7.74. The Kier molecular flexibility index (Phi) is 13.8. The van der Waals surface area contributed by atoms with Crippen molar-refractivity contribution in [2.75, 3.05) is 19.8 Å². The average Bonchev–Trinajstić information content (AvgIpc) is 2.41. The zero-order chi connectivity index (χ0) is 14.3. The van der Waals surface area contributed by atoms with Gasteiger partial charge >= 0.3 is 0 Å². The zero-order valence-electron chi connectivity index (χ0n) is 12.8. The van der Waals surface area contributed by atoms with Crippen molar-refractivity contribution >= 4 is 0 Å². The molecule has 0 aliphatic heterocycles. The van der Waals surface area contributed by atoms with E-state index in [0.29, 0.717) is 19.6 Å². The lowest BCUT2D eigenvalue weighted by molar-refractivity contribution is -0.0792. The third-order valence-corrected chi connectivity index (χ3v) is 3.09. The van der Waals surface area contributed by atoms with Crippen LogP contribution in [0.15, 0.2) is 12.7 Å². The second-order valence-corrected chi connectivity index (χ2v) is 4.99. The summed E-state index contributed by atoms with van der Waals surface area (Å²) in [6, 6.07) is 0. The molecule has 3 heteroatoms. The third-order valence-electron chi connectivity index (χ3n) is 3.09. The van der Waals surface area contributed by atoms with E-state index in [0.717, 1.165) is 19.4 Å². The van der Waals surface area contributed by atoms with Crippen LogP contribution in [0, 0.1) is 0 Å². The second kappa shape index (κ2) is 14.0. The predicted octanol–water partition coefficient (Wildman–Crippen LogP) is 3.71. The van der Waals surface area contributed by atoms with Crippen molar-refractivity contribution in [2.24, 2.45) is 0 Å². The van der Waals surface area contributed by atoms with Gasteiger partial charge in [-0.25, -0.2) is 0 Å². The van der Waals surface area contributed by atoms with Crippen LogP contribution in [0.5, 0.6) is 0 Å². The highest BCUT2D eigenvalue weighted by atomic mass is 16.5. The van der Waals surface area contributed by atoms with Crippen molar-refractivity contribution in [3.8, 4) is 0 Å². The van der Waals surface area contributed by atoms with Crippen LogP contribution in [0.3, 0.4) is 0 Å². The highest BCUT2D eigenvalue weighted by molar-refractivity contribution is 4.78. The topological polar surface area (TPSA) is 38.7 Å². The van der Waals surface area contributed by atoms with Gasteiger partial charge in [0.05, 0.1) is 12.7 Å². The summed E-state index contributed by atoms with van der Waals surface area (Å²) in [5, 5.41) is 9.99. The number of aliphatic hydroxyl groups excluding tert-OH is 1. The van der Waals surface area contributed by atoms with Gasteiger partial charge in [-0.3, -0.25) is 0 Å². The molecule has 114 valence electrons. The molecule has 0 fully saturated rings. The first-order chi connectivity index (χ1) is 9.26. The molecule has 0 aliphatic rings. The third kappa shape index (κ3) is 11.2. The van der Waals surface area contributed by atoms with Gasteiger partial charge in [0.2, 0.25) is 0 Å². The maximum Gasteiger partial charge on any atom is 0.107 e. The van der Waals surface area contributed by atoms with E-state index in [1.807, 2.05) is 0 Å². The highest BCUT2D eigenvalue weighted by Gasteiger charge is 2.18. The number of hydrogen-bond donors (Lipinski definition) is 1. The monoisotopic (exact) mass is 272 g/mol. The smallest absolute Gasteiger partial charge is 0.107 e. The lowest BCUT2D eigenvalue weighted by Crippen LogP contribution is -2.33. The molecule has 0 spiro atoms. The number of unbranched alkanes of at least 4 members (excludes halogenated alkanes) is 4. The van der Waals surface area contributed by atoms with E-state index in [-0.39, 0.29) is 6.10 Å². The molecule has 0 aromatic rings. The summed E-state index contributed by atoms with van der Waals surface area (Å²) in [6.07, 6.45) is 8.40. The fourth-order valence-corrected chi connectivity index (χ4v) is 1.83. The molecule has 3 nitrogen and oxygen atoms in total. The minimum Gasteiger partial charge on any atom is -0.390 e. The van der Waals surface area contributed by atoms with Crippen LogP contribution in [-0.2, 0) is 9.47 Å². The molecule has 2 atom stereocenters. The Labute approximate surface area is 119 Å². The zero-order valence-corrected chi connectivity index (χ0v) is 12.8. The molecule has 2 unspecified atom stereocenters. The highest BCUT2D eigenvalue weighted by Crippen LogP contribution is 2.08. The van der Waals surface area contributed by atoms with Crippen molar-refractivity contribution < 1.29 is 14.6 Å². The summed E-state index contributed by atoms with van der Waals surface area (Å²) in [5.41, 5.74) is 0. The molecular formula is C16H32O3. The summed E-state index contributed by atoms with van der Waals surface area (Å²) < 4.78 is 11.3. The first-order valence-electron chi connectivity index (χ1n) is 7.74. The van der Waals surface area contributed by atoms with Crippen LogP contribution in [0.1, 0.15) is 58.8 Å². The number of rotatable bonds is 14. The van der Waals surface area contributed by atoms with E-state index in [4.69, 9.17) is 9.47 Å². The lowest BCUT2D eigenvalue weighted by atomic mass is 10.1. The van der Waals surface area contributed by atoms with Crippen molar-refractivity contribution in [3.63, 3.8) is 0 Å². The normalized spacial score (nSPS) is 14.3. The Morgan fingerprint density at radius 2 is 1.68 bits per heavy atom. The summed E-state index contributed by atoms with van der Waals surface area (Å²) >= 11 is 0. The van der Waals surface area contributed by atoms with Crippen LogP contribution in [0.2, 0.25) is 0 Å². The van der Waals surface area contributed by atoms with Crippen molar-refractivity contribution in [3.05, 3.63) is 12.7 Å². The molecular weight excluding hydrogens is 240 g/mol. The Hall–Kier alpha value is -0.380. The van der Waals surface area contributed by atoms with Crippen LogP contribution >= 0.6 is 0 Å². The van der Waals surface area contributed by atoms with Crippen molar-refractivity contribution in [1.29, 1.82) is 0 Å². The number of ether oxygens (including phenoxy) is 2. The summed E-state index contributed by atoms with van der Waals surface area (Å²) in [7, 11) is 0. The summed E-state index contributed by atoms with van der Waals surface area (Å²) in [6.45, 7) is 9.93. The molecule has 0 radical (unpaired) electrons. The largest absolute Gasteiger partial charge is 0.390 e. The van der Waals surface area contributed by atoms with Gasteiger partial charge in [-0.2, -0.15) is 0 Å². The van der Waals surface area contributed by atoms with Gasteiger partial charge < -0.3 is 14.6 Å². The fraction of sp³-hybridized carbons (Fsp3) is 0.875. The average molecular weight is 272 g/mol. The lowest BCUT2D eigenvalue weighted by Gasteiger charge is -2.22. The van der Waals surface area contributed by atoms with Gasteiger partial charge in [-0.15, -0.1) is 6.58 Å². The van der Waals surface area contributed by atoms with Gasteiger partial charge in [-0.1, -0.05) is 45.6 Å². The van der Waals surface area contributed by atoms with Crippen LogP contribution in [0.4, 0.5) is 0 Å². The fourth-order valence-electron chi connectivity index (χ4n) is 1.83. The summed E-state index contributed by atoms with van der Waals surface area (Å²) in [5.74, 6) is 0. The Balaban J connectivity index is 3.85. The standard InChI is InChI=1S/C16H32O3/c1-4-7-9-12-18-14-16(15(17)11-6-3)19-13-10-8-5-2/h6,15-17H,3-5,7-14H2,1-2H3. The predicted molar refractivity (Wildman–Crippen MR) is 80.4 cm³/mol. The molecule has 0 aromatic carbocycles. The molecule has 0 aromatic heterocycles. The number of aliphatic hydroxyl groups is 1. The molecule has 0 aliphatic carbocycles. The van der Waals surface area contributed by atoms with Gasteiger partial charge in [0.15, 0.2) is 0 Å². The molecule has 0 amide bonds. The molecule has 0 rings (SSSR count). The maximum atomic E-state index is 9.99. The quantitative estimate of drug-likeness (QED) is 0.387. The van der Waals surface area contributed by atoms with Crippen molar-refractivity contribution in [1.82, 2.24) is 0 Å². The van der Waals surface area contributed by atoms with Gasteiger partial charge in [0, 0.05) is 13.2 Å². The van der Waals surface area contributed by atoms with E-state index in [2.05, 4.69) is 20.4 Å². The molecule has 1 N–H and O–H groups in total. The maximum absolute atomic E-state index is 9.99. The minimum absolute atomic E-state index is 0.225. The molecule has 0 saturated carbocycles. The van der Waals surface area contributed by atoms with E-state index in [1.54, 1.807) is 6.08 Å². The van der Waals surface area contributed by atoms with E-state index in [9.17, 15) is 5.11 Å². The van der Waals surface area contributed by atoms with E-state index < -0.39 is 6.10 Å². The molecule has 19 heavy (non-hydrogen) atoms. The van der Waals surface area contributed by atoms with E-state index in [1.165, 1.54) is 25.7 Å². The van der Waals surface area contributed by atoms with Crippen LogP contribution in [-0.4, -0.2) is 37.1 Å². The Morgan fingerprint density at radius 3 is 2.26 bits per heavy atom. The Bertz CT molecular complexity index is 194. The first kappa shape index (κ1) is 18.6. The second-order valence-electron chi connectivity index (χ2n) is 4.99. The number of hydrogen-bond acceptors (Lipinski definition) is 3. The van der Waals surface area contributed by atoms with Gasteiger partial charge in [0.1, 0.15) is 6.10 Å². The Morgan fingerprint density at radius 1 is 1.05 bits per heavy atom. The SMILES string of the molecule is C=CCC(O)C(COCCCCC)OCCCCC. The van der Waals surface area contributed by atoms with Gasteiger partial charge in [-0.05, 0) is 19.3 Å². The molecule has 0 saturated heterocycles. The van der Waals surface area contributed by atoms with E-state index >= 15 is 0 Å². The van der Waals surface area contributed by atoms with Crippen LogP contribution < -0.4 is 0 Å². The molecule has 0 bridgehead atoms.